The van der Waals surface area contributed by atoms with E-state index in [1.54, 1.807) is 0 Å². The molecule has 0 spiro atoms. The van der Waals surface area contributed by atoms with Crippen molar-refractivity contribution in [3.8, 4) is 11.5 Å². The van der Waals surface area contributed by atoms with Gasteiger partial charge in [0, 0.05) is 12.1 Å². The second-order valence-electron chi connectivity index (χ2n) is 6.65. The summed E-state index contributed by atoms with van der Waals surface area (Å²) in [5.41, 5.74) is 2.19. The Morgan fingerprint density at radius 1 is 1.29 bits per heavy atom. The molecule has 2 fully saturated rings. The van der Waals surface area contributed by atoms with Gasteiger partial charge in [-0.15, -0.1) is 0 Å². The Bertz CT molecular complexity index is 595. The lowest BCUT2D eigenvalue weighted by Gasteiger charge is -2.16. The van der Waals surface area contributed by atoms with E-state index < -0.39 is 0 Å². The average molecular weight is 285 g/mol. The van der Waals surface area contributed by atoms with Crippen molar-refractivity contribution in [3.63, 3.8) is 0 Å². The minimum atomic E-state index is 0.863. The van der Waals surface area contributed by atoms with E-state index in [-0.39, 0.29) is 0 Å². The first-order valence-corrected chi connectivity index (χ1v) is 8.11. The molecule has 0 atom stereocenters. The predicted octanol–water partition coefficient (Wildman–Crippen LogP) is 3.50. The molecule has 4 rings (SSSR count). The molecule has 0 bridgehead atoms. The first-order chi connectivity index (χ1) is 10.3. The summed E-state index contributed by atoms with van der Waals surface area (Å²) >= 11 is 0. The minimum Gasteiger partial charge on any atom is -0.460 e. The molecule has 2 N–H and O–H groups in total. The molecule has 2 aromatic rings. The molecule has 0 aliphatic heterocycles. The van der Waals surface area contributed by atoms with Gasteiger partial charge in [0.25, 0.3) is 0 Å². The van der Waals surface area contributed by atoms with Crippen molar-refractivity contribution in [2.24, 2.45) is 17.8 Å². The third-order valence-electron chi connectivity index (χ3n) is 4.86. The number of furan rings is 1. The molecular weight excluding hydrogens is 262 g/mol. The summed E-state index contributed by atoms with van der Waals surface area (Å²) in [6.07, 6.45) is 7.71. The Morgan fingerprint density at radius 2 is 2.05 bits per heavy atom. The topological polar surface area (TPSA) is 53.9 Å². The summed E-state index contributed by atoms with van der Waals surface area (Å²) in [6, 6.07) is 3.99. The van der Waals surface area contributed by atoms with Crippen molar-refractivity contribution in [3.05, 3.63) is 29.7 Å². The van der Waals surface area contributed by atoms with Crippen molar-refractivity contribution in [1.29, 1.82) is 0 Å². The van der Waals surface area contributed by atoms with Crippen LogP contribution in [0.5, 0.6) is 0 Å². The maximum atomic E-state index is 5.69. The fourth-order valence-electron chi connectivity index (χ4n) is 3.37. The fraction of sp³-hybridized carbons (Fsp3) is 0.588. The van der Waals surface area contributed by atoms with E-state index >= 15 is 0 Å². The average Bonchev–Trinajstić information content (AvgIpc) is 3.39. The monoisotopic (exact) mass is 285 g/mol. The lowest BCUT2D eigenvalue weighted by atomic mass is 9.98. The van der Waals surface area contributed by atoms with Crippen molar-refractivity contribution in [1.82, 2.24) is 15.5 Å². The SMILES string of the molecule is Cc1ccc(-c2[nH]ncc2CNCC(C2CC2)C2CC2)o1. The molecule has 2 saturated carbocycles. The van der Waals surface area contributed by atoms with Gasteiger partial charge in [-0.3, -0.25) is 5.10 Å². The molecule has 0 amide bonds. The predicted molar refractivity (Wildman–Crippen MR) is 81.7 cm³/mol. The zero-order valence-electron chi connectivity index (χ0n) is 12.6. The number of hydrogen-bond donors (Lipinski definition) is 2. The van der Waals surface area contributed by atoms with Gasteiger partial charge in [0.1, 0.15) is 11.5 Å². The van der Waals surface area contributed by atoms with Crippen molar-refractivity contribution in [2.75, 3.05) is 6.54 Å². The summed E-state index contributed by atoms with van der Waals surface area (Å²) in [5.74, 6) is 4.72. The summed E-state index contributed by atoms with van der Waals surface area (Å²) in [6.45, 7) is 3.98. The normalized spacial score (nSPS) is 18.6. The number of nitrogens with zero attached hydrogens (tertiary/aromatic N) is 1. The standard InChI is InChI=1S/C17H23N3O/c1-11-2-7-16(21-11)17-14(9-19-20-17)8-18-10-15(12-3-4-12)13-5-6-13/h2,7,9,12-13,15,18H,3-6,8,10H2,1H3,(H,19,20). The number of nitrogens with one attached hydrogen (secondary N) is 2. The maximum absolute atomic E-state index is 5.69. The van der Waals surface area contributed by atoms with Crippen molar-refractivity contribution < 1.29 is 4.42 Å². The lowest BCUT2D eigenvalue weighted by molar-refractivity contribution is 0.378. The maximum Gasteiger partial charge on any atom is 0.152 e. The van der Waals surface area contributed by atoms with Crippen LogP contribution in [0, 0.1) is 24.7 Å². The number of rotatable bonds is 7. The molecule has 4 nitrogen and oxygen atoms in total. The van der Waals surface area contributed by atoms with Crippen LogP contribution >= 0.6 is 0 Å². The lowest BCUT2D eigenvalue weighted by Crippen LogP contribution is -2.25. The van der Waals surface area contributed by atoms with Gasteiger partial charge < -0.3 is 9.73 Å². The number of aryl methyl sites for hydroxylation is 1. The van der Waals surface area contributed by atoms with Gasteiger partial charge in [0.15, 0.2) is 5.76 Å². The van der Waals surface area contributed by atoms with Gasteiger partial charge in [-0.2, -0.15) is 5.10 Å². The van der Waals surface area contributed by atoms with Gasteiger partial charge >= 0.3 is 0 Å². The Labute approximate surface area is 125 Å². The summed E-state index contributed by atoms with van der Waals surface area (Å²) < 4.78 is 5.69. The van der Waals surface area contributed by atoms with Gasteiger partial charge in [0.2, 0.25) is 0 Å². The van der Waals surface area contributed by atoms with Crippen LogP contribution in [0.2, 0.25) is 0 Å². The Balaban J connectivity index is 1.38. The molecule has 0 radical (unpaired) electrons. The van der Waals surface area contributed by atoms with Crippen LogP contribution < -0.4 is 5.32 Å². The highest BCUT2D eigenvalue weighted by Crippen LogP contribution is 2.48. The molecule has 0 unspecified atom stereocenters. The molecule has 2 aliphatic rings. The van der Waals surface area contributed by atoms with Gasteiger partial charge in [-0.25, -0.2) is 0 Å². The van der Waals surface area contributed by atoms with E-state index in [2.05, 4.69) is 15.5 Å². The Hall–Kier alpha value is -1.55. The second kappa shape index (κ2) is 5.34. The molecule has 112 valence electrons. The van der Waals surface area contributed by atoms with Crippen LogP contribution in [-0.4, -0.2) is 16.7 Å². The van der Waals surface area contributed by atoms with E-state index in [1.165, 1.54) is 31.2 Å². The van der Waals surface area contributed by atoms with Crippen LogP contribution in [-0.2, 0) is 6.54 Å². The molecule has 2 heterocycles. The third-order valence-corrected chi connectivity index (χ3v) is 4.86. The largest absolute Gasteiger partial charge is 0.460 e. The van der Waals surface area contributed by atoms with Crippen LogP contribution in [0.4, 0.5) is 0 Å². The molecule has 4 heteroatoms. The van der Waals surface area contributed by atoms with Gasteiger partial charge in [-0.05, 0) is 69.0 Å². The molecule has 21 heavy (non-hydrogen) atoms. The number of aromatic amines is 1. The van der Waals surface area contributed by atoms with Crippen LogP contribution in [0.25, 0.3) is 11.5 Å². The first kappa shape index (κ1) is 13.1. The minimum absolute atomic E-state index is 0.863. The smallest absolute Gasteiger partial charge is 0.152 e. The zero-order valence-corrected chi connectivity index (χ0v) is 12.6. The van der Waals surface area contributed by atoms with E-state index in [0.29, 0.717) is 0 Å². The Kier molecular flexibility index (Phi) is 3.34. The zero-order chi connectivity index (χ0) is 14.2. The fourth-order valence-corrected chi connectivity index (χ4v) is 3.37. The highest BCUT2D eigenvalue weighted by atomic mass is 16.3. The summed E-state index contributed by atoms with van der Waals surface area (Å²) in [5, 5.41) is 10.9. The molecular formula is C17H23N3O. The Morgan fingerprint density at radius 3 is 2.67 bits per heavy atom. The van der Waals surface area contributed by atoms with Crippen molar-refractivity contribution >= 4 is 0 Å². The van der Waals surface area contributed by atoms with E-state index in [1.807, 2.05) is 25.3 Å². The van der Waals surface area contributed by atoms with E-state index in [0.717, 1.165) is 48.1 Å². The quantitative estimate of drug-likeness (QED) is 0.818. The highest BCUT2D eigenvalue weighted by molar-refractivity contribution is 5.56. The van der Waals surface area contributed by atoms with Crippen LogP contribution in [0.15, 0.2) is 22.7 Å². The molecule has 0 saturated heterocycles. The number of H-pyrrole nitrogens is 1. The van der Waals surface area contributed by atoms with E-state index in [4.69, 9.17) is 4.42 Å². The highest BCUT2D eigenvalue weighted by Gasteiger charge is 2.40. The third kappa shape index (κ3) is 2.91. The first-order valence-electron chi connectivity index (χ1n) is 8.11. The number of hydrogen-bond acceptors (Lipinski definition) is 3. The molecule has 2 aromatic heterocycles. The summed E-state index contributed by atoms with van der Waals surface area (Å²) in [7, 11) is 0. The molecule has 0 aromatic carbocycles. The van der Waals surface area contributed by atoms with Crippen molar-refractivity contribution in [2.45, 2.75) is 39.2 Å². The number of aromatic nitrogens is 2. The van der Waals surface area contributed by atoms with Crippen LogP contribution in [0.1, 0.15) is 37.0 Å². The van der Waals surface area contributed by atoms with E-state index in [9.17, 15) is 0 Å². The summed E-state index contributed by atoms with van der Waals surface area (Å²) in [4.78, 5) is 0. The van der Waals surface area contributed by atoms with Gasteiger partial charge in [0.05, 0.1) is 6.20 Å². The van der Waals surface area contributed by atoms with Crippen LogP contribution in [0.3, 0.4) is 0 Å². The molecule has 2 aliphatic carbocycles. The second-order valence-corrected chi connectivity index (χ2v) is 6.65. The van der Waals surface area contributed by atoms with Gasteiger partial charge in [-0.1, -0.05) is 0 Å².